The maximum absolute atomic E-state index is 14.4. The van der Waals surface area contributed by atoms with Crippen molar-refractivity contribution in [3.63, 3.8) is 0 Å². The van der Waals surface area contributed by atoms with Crippen LogP contribution in [0, 0.1) is 23.3 Å². The number of anilines is 3. The van der Waals surface area contributed by atoms with Crippen LogP contribution in [0.1, 0.15) is 22.8 Å². The fraction of sp³-hybridized carbons (Fsp3) is 0.250. The van der Waals surface area contributed by atoms with Crippen LogP contribution in [0.5, 0.6) is 0 Å². The third-order valence-electron chi connectivity index (χ3n) is 7.35. The number of halogens is 6. The molecule has 0 bridgehead atoms. The standard InChI is InChI=1S/C17H14ClF2N3O2.C10H11F2NO2.C9H11ClN2O2/c1-25-5-4-23-13-7-14(18)22-8-9(13)6-10(17(23)24)15-11(19)2-3-12(21)16(15)20;1-2-15-9(14)5-6-7(11)3-4-8(13)10(6)12;1-14-3-2-11-8-4-9(10)12-5-7(8)6-13/h2-3,6-8H,4-5,21H2,1H3;3-4H,2,5,13H2,1H3;4-6H,2-3H2,1H3,(H,11,12). The first-order valence-electron chi connectivity index (χ1n) is 15.9. The average molecular weight is 796 g/mol. The summed E-state index contributed by atoms with van der Waals surface area (Å²) in [6.07, 6.45) is 3.16. The predicted octanol–water partition coefficient (Wildman–Crippen LogP) is 6.48. The number of rotatable bonds is 12. The Labute approximate surface area is 317 Å². The minimum atomic E-state index is -0.975. The number of nitrogens with two attached hydrogens (primary N) is 2. The highest BCUT2D eigenvalue weighted by molar-refractivity contribution is 6.30. The molecule has 2 aromatic carbocycles. The van der Waals surface area contributed by atoms with Gasteiger partial charge >= 0.3 is 5.97 Å². The van der Waals surface area contributed by atoms with Gasteiger partial charge in [-0.15, -0.1) is 0 Å². The van der Waals surface area contributed by atoms with E-state index in [0.29, 0.717) is 40.5 Å². The number of hydrogen-bond acceptors (Lipinski definition) is 11. The molecular weight excluding hydrogens is 759 g/mol. The summed E-state index contributed by atoms with van der Waals surface area (Å²) in [5.74, 6) is -4.22. The van der Waals surface area contributed by atoms with Crippen molar-refractivity contribution in [3.8, 4) is 11.1 Å². The summed E-state index contributed by atoms with van der Waals surface area (Å²) in [6, 6.07) is 8.78. The summed E-state index contributed by atoms with van der Waals surface area (Å²) in [6.45, 7) is 3.40. The zero-order chi connectivity index (χ0) is 39.9. The minimum Gasteiger partial charge on any atom is -0.466 e. The molecule has 5 aromatic rings. The number of aldehydes is 1. The molecule has 5 N–H and O–H groups in total. The van der Waals surface area contributed by atoms with E-state index < -0.39 is 46.8 Å². The van der Waals surface area contributed by atoms with E-state index in [-0.39, 0.29) is 47.4 Å². The minimum absolute atomic E-state index is 0.143. The van der Waals surface area contributed by atoms with Crippen LogP contribution in [0.4, 0.5) is 34.6 Å². The topological polar surface area (TPSA) is 174 Å². The molecule has 0 aliphatic rings. The number of nitrogen functional groups attached to an aromatic ring is 2. The van der Waals surface area contributed by atoms with Gasteiger partial charge in [0.05, 0.1) is 59.8 Å². The normalized spacial score (nSPS) is 10.5. The highest BCUT2D eigenvalue weighted by atomic mass is 35.5. The molecule has 0 saturated carbocycles. The number of carbonyl (C=O) groups is 2. The second-order valence-electron chi connectivity index (χ2n) is 10.9. The van der Waals surface area contributed by atoms with Crippen LogP contribution >= 0.6 is 23.2 Å². The van der Waals surface area contributed by atoms with Gasteiger partial charge in [-0.3, -0.25) is 14.4 Å². The number of ether oxygens (including phenoxy) is 3. The monoisotopic (exact) mass is 794 g/mol. The quantitative estimate of drug-likeness (QED) is 0.0315. The predicted molar refractivity (Wildman–Crippen MR) is 199 cm³/mol. The summed E-state index contributed by atoms with van der Waals surface area (Å²) in [4.78, 5) is 42.3. The number of methoxy groups -OCH3 is 2. The van der Waals surface area contributed by atoms with E-state index in [1.165, 1.54) is 36.2 Å². The Morgan fingerprint density at radius 1 is 0.907 bits per heavy atom. The van der Waals surface area contributed by atoms with Crippen LogP contribution in [0.3, 0.4) is 0 Å². The molecule has 0 atom stereocenters. The molecular formula is C36H36Cl2F4N6O6. The van der Waals surface area contributed by atoms with E-state index in [1.54, 1.807) is 20.1 Å². The molecule has 288 valence electrons. The van der Waals surface area contributed by atoms with Crippen molar-refractivity contribution in [1.29, 1.82) is 0 Å². The molecule has 0 fully saturated rings. The lowest BCUT2D eigenvalue weighted by Crippen LogP contribution is -2.25. The second-order valence-corrected chi connectivity index (χ2v) is 11.7. The number of fused-ring (bicyclic) bond motifs is 1. The maximum atomic E-state index is 14.4. The Morgan fingerprint density at radius 3 is 2.19 bits per heavy atom. The van der Waals surface area contributed by atoms with E-state index in [0.717, 1.165) is 30.6 Å². The number of nitrogens with zero attached hydrogens (tertiary/aromatic N) is 3. The van der Waals surface area contributed by atoms with Crippen molar-refractivity contribution in [2.75, 3.05) is 57.4 Å². The van der Waals surface area contributed by atoms with Crippen LogP contribution in [0.25, 0.3) is 22.0 Å². The van der Waals surface area contributed by atoms with Crippen LogP contribution in [-0.2, 0) is 32.0 Å². The Kier molecular flexibility index (Phi) is 16.6. The molecule has 0 spiro atoms. The van der Waals surface area contributed by atoms with Gasteiger partial charge in [-0.1, -0.05) is 23.2 Å². The van der Waals surface area contributed by atoms with E-state index in [2.05, 4.69) is 20.0 Å². The van der Waals surface area contributed by atoms with Gasteiger partial charge in [-0.25, -0.2) is 27.5 Å². The first-order chi connectivity index (χ1) is 25.8. The maximum Gasteiger partial charge on any atom is 0.310 e. The number of nitrogens with one attached hydrogen (secondary N) is 1. The number of benzene rings is 2. The number of esters is 1. The van der Waals surface area contributed by atoms with Gasteiger partial charge in [0.25, 0.3) is 5.56 Å². The second kappa shape index (κ2) is 20.8. The zero-order valence-electron chi connectivity index (χ0n) is 29.2. The van der Waals surface area contributed by atoms with Crippen molar-refractivity contribution < 1.29 is 41.4 Å². The van der Waals surface area contributed by atoms with E-state index >= 15 is 0 Å². The van der Waals surface area contributed by atoms with Crippen molar-refractivity contribution >= 4 is 63.4 Å². The highest BCUT2D eigenvalue weighted by Crippen LogP contribution is 2.29. The molecule has 3 aromatic heterocycles. The van der Waals surface area contributed by atoms with E-state index in [4.69, 9.17) is 44.1 Å². The van der Waals surface area contributed by atoms with Crippen LogP contribution < -0.4 is 22.3 Å². The molecule has 3 heterocycles. The Bertz CT molecular complexity index is 2160. The number of aromatic nitrogens is 3. The van der Waals surface area contributed by atoms with E-state index in [9.17, 15) is 31.9 Å². The molecule has 12 nitrogen and oxygen atoms in total. The lowest BCUT2D eigenvalue weighted by atomic mass is 10.0. The number of hydrogen-bond donors (Lipinski definition) is 3. The smallest absolute Gasteiger partial charge is 0.310 e. The van der Waals surface area contributed by atoms with Crippen molar-refractivity contribution in [1.82, 2.24) is 14.5 Å². The van der Waals surface area contributed by atoms with Gasteiger partial charge in [0.2, 0.25) is 0 Å². The molecule has 54 heavy (non-hydrogen) atoms. The molecule has 0 aliphatic carbocycles. The first kappa shape index (κ1) is 43.1. The van der Waals surface area contributed by atoms with Gasteiger partial charge in [0.15, 0.2) is 17.9 Å². The van der Waals surface area contributed by atoms with Crippen LogP contribution in [0.15, 0.2) is 59.7 Å². The highest BCUT2D eigenvalue weighted by Gasteiger charge is 2.20. The number of pyridine rings is 3. The molecule has 0 aliphatic heterocycles. The third kappa shape index (κ3) is 11.4. The Balaban J connectivity index is 0.000000233. The molecule has 0 saturated heterocycles. The summed E-state index contributed by atoms with van der Waals surface area (Å²) in [5, 5.41) is 4.09. The average Bonchev–Trinajstić information content (AvgIpc) is 3.14. The van der Waals surface area contributed by atoms with Crippen molar-refractivity contribution in [2.45, 2.75) is 19.9 Å². The Morgan fingerprint density at radius 2 is 1.54 bits per heavy atom. The summed E-state index contributed by atoms with van der Waals surface area (Å²) >= 11 is 11.6. The van der Waals surface area contributed by atoms with Gasteiger partial charge in [0.1, 0.15) is 21.9 Å². The SMILES string of the molecule is CCOC(=O)Cc1c(F)ccc(N)c1F.COCCNc1cc(Cl)ncc1C=O.COCCn1c(=O)c(-c2c(F)ccc(N)c2F)cc2cnc(Cl)cc21. The van der Waals surface area contributed by atoms with Gasteiger partial charge in [-0.2, -0.15) is 0 Å². The van der Waals surface area contributed by atoms with Crippen molar-refractivity contribution in [2.24, 2.45) is 0 Å². The number of carbonyl (C=O) groups excluding carboxylic acids is 2. The first-order valence-corrected chi connectivity index (χ1v) is 16.7. The fourth-order valence-corrected chi connectivity index (χ4v) is 5.07. The Hall–Kier alpha value is -5.29. The molecule has 5 rings (SSSR count). The lowest BCUT2D eigenvalue weighted by Gasteiger charge is -2.14. The molecule has 0 unspecified atom stereocenters. The summed E-state index contributed by atoms with van der Waals surface area (Å²) in [5.41, 5.74) is 10.5. The van der Waals surface area contributed by atoms with Gasteiger partial charge in [0, 0.05) is 56.3 Å². The largest absolute Gasteiger partial charge is 0.466 e. The summed E-state index contributed by atoms with van der Waals surface area (Å²) in [7, 11) is 3.10. The third-order valence-corrected chi connectivity index (χ3v) is 7.76. The molecule has 0 radical (unpaired) electrons. The van der Waals surface area contributed by atoms with Crippen LogP contribution in [-0.4, -0.2) is 67.4 Å². The lowest BCUT2D eigenvalue weighted by molar-refractivity contribution is -0.142. The van der Waals surface area contributed by atoms with E-state index in [1.807, 2.05) is 0 Å². The fourth-order valence-electron chi connectivity index (χ4n) is 4.76. The molecule has 18 heteroatoms. The summed E-state index contributed by atoms with van der Waals surface area (Å²) < 4.78 is 70.9. The van der Waals surface area contributed by atoms with Gasteiger partial charge in [-0.05, 0) is 49.4 Å². The van der Waals surface area contributed by atoms with Crippen LogP contribution in [0.2, 0.25) is 10.3 Å². The molecule has 0 amide bonds. The van der Waals surface area contributed by atoms with Gasteiger partial charge < -0.3 is 35.6 Å². The zero-order valence-corrected chi connectivity index (χ0v) is 30.7. The van der Waals surface area contributed by atoms with Crippen molar-refractivity contribution in [3.05, 3.63) is 110 Å².